The Hall–Kier alpha value is -2.23. The number of aryl methyl sites for hydroxylation is 1. The molecule has 2 aromatic carbocycles. The number of nitrogens with one attached hydrogen (secondary N) is 1. The number of carbonyl (C=O) groups is 2. The molecule has 1 atom stereocenters. The van der Waals surface area contributed by atoms with E-state index < -0.39 is 15.9 Å². The van der Waals surface area contributed by atoms with Crippen LogP contribution in [0.3, 0.4) is 0 Å². The molecule has 2 aliphatic rings. The SMILES string of the molecule is CCC(=O)N1CCc2cc(Br)cc(S(=O)(=O)N3CCC[C@@H](C(=O)Nc4ccccc4CC)C3)c21. The summed E-state index contributed by atoms with van der Waals surface area (Å²) in [5.41, 5.74) is 3.14. The highest BCUT2D eigenvalue weighted by molar-refractivity contribution is 9.10. The van der Waals surface area contributed by atoms with Gasteiger partial charge in [-0.25, -0.2) is 8.42 Å². The van der Waals surface area contributed by atoms with Gasteiger partial charge in [0.1, 0.15) is 4.90 Å². The van der Waals surface area contributed by atoms with Gasteiger partial charge in [-0.2, -0.15) is 4.31 Å². The maximum Gasteiger partial charge on any atom is 0.245 e. The third kappa shape index (κ3) is 4.78. The molecule has 4 rings (SSSR count). The van der Waals surface area contributed by atoms with Gasteiger partial charge in [-0.15, -0.1) is 0 Å². The fraction of sp³-hybridized carbons (Fsp3) is 0.440. The van der Waals surface area contributed by atoms with Crippen LogP contribution < -0.4 is 10.2 Å². The zero-order chi connectivity index (χ0) is 24.5. The number of rotatable bonds is 6. The molecule has 1 fully saturated rings. The van der Waals surface area contributed by atoms with E-state index in [1.807, 2.05) is 37.3 Å². The number of benzene rings is 2. The van der Waals surface area contributed by atoms with Gasteiger partial charge in [-0.1, -0.05) is 48.0 Å². The van der Waals surface area contributed by atoms with Gasteiger partial charge in [0.2, 0.25) is 21.8 Å². The van der Waals surface area contributed by atoms with Crippen molar-refractivity contribution in [3.63, 3.8) is 0 Å². The molecule has 34 heavy (non-hydrogen) atoms. The van der Waals surface area contributed by atoms with Crippen molar-refractivity contribution in [2.75, 3.05) is 29.9 Å². The molecule has 0 unspecified atom stereocenters. The Labute approximate surface area is 209 Å². The summed E-state index contributed by atoms with van der Waals surface area (Å²) in [5, 5.41) is 3.00. The predicted molar refractivity (Wildman–Crippen MR) is 136 cm³/mol. The fourth-order valence-electron chi connectivity index (χ4n) is 4.81. The smallest absolute Gasteiger partial charge is 0.245 e. The van der Waals surface area contributed by atoms with Crippen LogP contribution in [0.25, 0.3) is 0 Å². The first-order chi connectivity index (χ1) is 16.3. The highest BCUT2D eigenvalue weighted by Crippen LogP contribution is 2.40. The zero-order valence-corrected chi connectivity index (χ0v) is 21.9. The molecule has 0 aliphatic carbocycles. The molecule has 182 valence electrons. The summed E-state index contributed by atoms with van der Waals surface area (Å²) < 4.78 is 29.7. The Bertz CT molecular complexity index is 1210. The lowest BCUT2D eigenvalue weighted by Gasteiger charge is -2.32. The van der Waals surface area contributed by atoms with E-state index in [9.17, 15) is 18.0 Å². The molecule has 2 aliphatic heterocycles. The molecular formula is C25H30BrN3O4S. The fourth-order valence-corrected chi connectivity index (χ4v) is 7.25. The van der Waals surface area contributed by atoms with Gasteiger partial charge >= 0.3 is 0 Å². The standard InChI is InChI=1S/C25H30BrN3O4S/c1-3-17-8-5-6-10-21(17)27-25(31)19-9-7-12-28(16-19)34(32,33)22-15-20(26)14-18-11-13-29(24(18)22)23(30)4-2/h5-6,8,10,14-15,19H,3-4,7,9,11-13,16H2,1-2H3,(H,27,31)/t19-/m1/s1. The molecule has 0 bridgehead atoms. The van der Waals surface area contributed by atoms with E-state index in [0.29, 0.717) is 48.9 Å². The van der Waals surface area contributed by atoms with Crippen molar-refractivity contribution in [2.45, 2.75) is 50.8 Å². The number of amides is 2. The Balaban J connectivity index is 1.60. The van der Waals surface area contributed by atoms with Gasteiger partial charge in [-0.05, 0) is 55.0 Å². The van der Waals surface area contributed by atoms with Crippen molar-refractivity contribution >= 4 is 49.1 Å². The number of hydrogen-bond donors (Lipinski definition) is 1. The van der Waals surface area contributed by atoms with Crippen LogP contribution in [0.5, 0.6) is 0 Å². The molecular weight excluding hydrogens is 518 g/mol. The van der Waals surface area contributed by atoms with Crippen LogP contribution in [0.15, 0.2) is 45.8 Å². The predicted octanol–water partition coefficient (Wildman–Crippen LogP) is 4.35. The Kier molecular flexibility index (Phi) is 7.45. The van der Waals surface area contributed by atoms with Crippen LogP contribution >= 0.6 is 15.9 Å². The van der Waals surface area contributed by atoms with E-state index in [1.165, 1.54) is 4.31 Å². The minimum atomic E-state index is -3.91. The van der Waals surface area contributed by atoms with Crippen LogP contribution in [0, 0.1) is 5.92 Å². The van der Waals surface area contributed by atoms with Gasteiger partial charge < -0.3 is 10.2 Å². The number of fused-ring (bicyclic) bond motifs is 1. The van der Waals surface area contributed by atoms with Crippen molar-refractivity contribution < 1.29 is 18.0 Å². The summed E-state index contributed by atoms with van der Waals surface area (Å²) in [7, 11) is -3.91. The van der Waals surface area contributed by atoms with Gasteiger partial charge in [0.15, 0.2) is 0 Å². The first-order valence-electron chi connectivity index (χ1n) is 11.8. The molecule has 0 aromatic heterocycles. The molecule has 1 N–H and O–H groups in total. The van der Waals surface area contributed by atoms with Crippen molar-refractivity contribution in [2.24, 2.45) is 5.92 Å². The summed E-state index contributed by atoms with van der Waals surface area (Å²) in [5.74, 6) is -0.701. The second kappa shape index (κ2) is 10.2. The van der Waals surface area contributed by atoms with Crippen molar-refractivity contribution in [3.8, 4) is 0 Å². The number of para-hydroxylation sites is 1. The third-order valence-electron chi connectivity index (χ3n) is 6.63. The number of nitrogens with zero attached hydrogens (tertiary/aromatic N) is 2. The van der Waals surface area contributed by atoms with Gasteiger partial charge in [0.25, 0.3) is 0 Å². The first-order valence-corrected chi connectivity index (χ1v) is 14.0. The Morgan fingerprint density at radius 2 is 1.91 bits per heavy atom. The summed E-state index contributed by atoms with van der Waals surface area (Å²) in [6.07, 6.45) is 2.94. The minimum Gasteiger partial charge on any atom is -0.326 e. The van der Waals surface area contributed by atoms with E-state index in [1.54, 1.807) is 17.9 Å². The summed E-state index contributed by atoms with van der Waals surface area (Å²) in [6.45, 7) is 4.75. The van der Waals surface area contributed by atoms with E-state index >= 15 is 0 Å². The number of halogens is 1. The maximum atomic E-state index is 13.8. The molecule has 7 nitrogen and oxygen atoms in total. The van der Waals surface area contributed by atoms with Gasteiger partial charge in [0.05, 0.1) is 11.6 Å². The van der Waals surface area contributed by atoms with Crippen molar-refractivity contribution in [1.29, 1.82) is 0 Å². The van der Waals surface area contributed by atoms with E-state index in [-0.39, 0.29) is 23.3 Å². The number of piperidine rings is 1. The van der Waals surface area contributed by atoms with Crippen molar-refractivity contribution in [1.82, 2.24) is 4.31 Å². The number of hydrogen-bond acceptors (Lipinski definition) is 4. The van der Waals surface area contributed by atoms with E-state index in [4.69, 9.17) is 0 Å². The Morgan fingerprint density at radius 3 is 2.65 bits per heavy atom. The highest BCUT2D eigenvalue weighted by atomic mass is 79.9. The zero-order valence-electron chi connectivity index (χ0n) is 19.5. The third-order valence-corrected chi connectivity index (χ3v) is 8.96. The van der Waals surface area contributed by atoms with E-state index in [0.717, 1.165) is 23.2 Å². The lowest BCUT2D eigenvalue weighted by atomic mass is 9.98. The molecule has 0 radical (unpaired) electrons. The van der Waals surface area contributed by atoms with Crippen LogP contribution in [0.2, 0.25) is 0 Å². The minimum absolute atomic E-state index is 0.0944. The molecule has 0 saturated carbocycles. The molecule has 9 heteroatoms. The molecule has 0 spiro atoms. The second-order valence-corrected chi connectivity index (χ2v) is 11.6. The molecule has 1 saturated heterocycles. The van der Waals surface area contributed by atoms with Crippen molar-refractivity contribution in [3.05, 3.63) is 52.0 Å². The van der Waals surface area contributed by atoms with Gasteiger partial charge in [0, 0.05) is 36.2 Å². The largest absolute Gasteiger partial charge is 0.326 e. The highest BCUT2D eigenvalue weighted by Gasteiger charge is 2.38. The number of carbonyl (C=O) groups excluding carboxylic acids is 2. The second-order valence-electron chi connectivity index (χ2n) is 8.76. The molecule has 2 heterocycles. The summed E-state index contributed by atoms with van der Waals surface area (Å²) in [6, 6.07) is 11.1. The topological polar surface area (TPSA) is 86.8 Å². The first kappa shape index (κ1) is 24.9. The Morgan fingerprint density at radius 1 is 1.15 bits per heavy atom. The lowest BCUT2D eigenvalue weighted by Crippen LogP contribution is -2.44. The summed E-state index contributed by atoms with van der Waals surface area (Å²) >= 11 is 3.44. The number of sulfonamides is 1. The average Bonchev–Trinajstić information content (AvgIpc) is 3.27. The maximum absolute atomic E-state index is 13.8. The van der Waals surface area contributed by atoms with E-state index in [2.05, 4.69) is 21.2 Å². The van der Waals surface area contributed by atoms with Crippen LogP contribution in [0.1, 0.15) is 44.2 Å². The molecule has 2 amide bonds. The van der Waals surface area contributed by atoms with Gasteiger partial charge in [-0.3, -0.25) is 9.59 Å². The quantitative estimate of drug-likeness (QED) is 0.582. The monoisotopic (exact) mass is 547 g/mol. The van der Waals surface area contributed by atoms with Crippen LogP contribution in [-0.4, -0.2) is 44.2 Å². The van der Waals surface area contributed by atoms with Crippen LogP contribution in [-0.2, 0) is 32.5 Å². The normalized spacial score (nSPS) is 18.6. The van der Waals surface area contributed by atoms with Crippen LogP contribution in [0.4, 0.5) is 11.4 Å². The summed E-state index contributed by atoms with van der Waals surface area (Å²) in [4.78, 5) is 27.3. The molecule has 2 aromatic rings. The lowest BCUT2D eigenvalue weighted by molar-refractivity contribution is -0.121. The number of anilines is 2. The average molecular weight is 549 g/mol.